The molecule has 6 heteroatoms. The number of aromatic nitrogens is 3. The van der Waals surface area contributed by atoms with Crippen molar-refractivity contribution in [3.63, 3.8) is 0 Å². The minimum atomic E-state index is 0.130. The molecule has 4 heterocycles. The van der Waals surface area contributed by atoms with Crippen LogP contribution < -0.4 is 0 Å². The van der Waals surface area contributed by atoms with E-state index in [1.807, 2.05) is 17.0 Å². The van der Waals surface area contributed by atoms with E-state index in [0.29, 0.717) is 17.7 Å². The number of rotatable bonds is 3. The molecule has 3 aliphatic rings. The zero-order chi connectivity index (χ0) is 16.1. The summed E-state index contributed by atoms with van der Waals surface area (Å²) in [5.41, 5.74) is 0. The molecule has 2 atom stereocenters. The van der Waals surface area contributed by atoms with Crippen molar-refractivity contribution >= 4 is 5.91 Å². The maximum absolute atomic E-state index is 12.7. The van der Waals surface area contributed by atoms with E-state index >= 15 is 0 Å². The van der Waals surface area contributed by atoms with Crippen LogP contribution in [0.3, 0.4) is 0 Å². The predicted octanol–water partition coefficient (Wildman–Crippen LogP) is 2.33. The summed E-state index contributed by atoms with van der Waals surface area (Å²) in [4.78, 5) is 14.7. The van der Waals surface area contributed by atoms with Crippen LogP contribution in [0.4, 0.5) is 0 Å². The highest BCUT2D eigenvalue weighted by molar-refractivity contribution is 5.83. The molecule has 1 saturated heterocycles. The van der Waals surface area contributed by atoms with Gasteiger partial charge in [0.15, 0.2) is 0 Å². The number of hydrogen-bond donors (Lipinski definition) is 0. The van der Waals surface area contributed by atoms with E-state index in [2.05, 4.69) is 14.8 Å². The van der Waals surface area contributed by atoms with Crippen molar-refractivity contribution in [2.75, 3.05) is 13.1 Å². The van der Waals surface area contributed by atoms with Crippen molar-refractivity contribution in [2.45, 2.75) is 50.5 Å². The zero-order valence-corrected chi connectivity index (χ0v) is 13.7. The first-order valence-corrected chi connectivity index (χ1v) is 9.05. The monoisotopic (exact) mass is 326 g/mol. The van der Waals surface area contributed by atoms with Gasteiger partial charge in [-0.25, -0.2) is 0 Å². The quantitative estimate of drug-likeness (QED) is 0.868. The van der Waals surface area contributed by atoms with Crippen LogP contribution in [0, 0.1) is 5.92 Å². The van der Waals surface area contributed by atoms with E-state index in [1.54, 1.807) is 6.26 Å². The lowest BCUT2D eigenvalue weighted by Crippen LogP contribution is -2.39. The molecule has 0 aromatic carbocycles. The Morgan fingerprint density at radius 3 is 2.88 bits per heavy atom. The van der Waals surface area contributed by atoms with E-state index in [4.69, 9.17) is 4.42 Å². The lowest BCUT2D eigenvalue weighted by atomic mass is 9.95. The molecule has 1 aliphatic carbocycles. The van der Waals surface area contributed by atoms with Crippen LogP contribution in [0.5, 0.6) is 0 Å². The fourth-order valence-corrected chi connectivity index (χ4v) is 4.35. The predicted molar refractivity (Wildman–Crippen MR) is 86.5 cm³/mol. The summed E-state index contributed by atoms with van der Waals surface area (Å²) in [5.74, 6) is 4.43. The summed E-state index contributed by atoms with van der Waals surface area (Å²) in [6.07, 6.45) is 6.87. The first kappa shape index (κ1) is 14.3. The summed E-state index contributed by atoms with van der Waals surface area (Å²) >= 11 is 0. The fraction of sp³-hybridized carbons (Fsp3) is 0.611. The van der Waals surface area contributed by atoms with Crippen LogP contribution in [0.2, 0.25) is 0 Å². The number of carbonyl (C=O) groups excluding carboxylic acids is 1. The normalized spacial score (nSPS) is 26.6. The van der Waals surface area contributed by atoms with Crippen LogP contribution in [0.15, 0.2) is 22.8 Å². The maximum Gasteiger partial charge on any atom is 0.226 e. The Morgan fingerprint density at radius 2 is 2.08 bits per heavy atom. The van der Waals surface area contributed by atoms with Crippen LogP contribution in [0.1, 0.15) is 54.9 Å². The highest BCUT2D eigenvalue weighted by atomic mass is 16.3. The number of hydrogen-bond acceptors (Lipinski definition) is 4. The van der Waals surface area contributed by atoms with Gasteiger partial charge in [-0.05, 0) is 37.8 Å². The Morgan fingerprint density at radius 1 is 1.21 bits per heavy atom. The van der Waals surface area contributed by atoms with Crippen molar-refractivity contribution < 1.29 is 9.21 Å². The smallest absolute Gasteiger partial charge is 0.226 e. The Kier molecular flexibility index (Phi) is 3.24. The minimum absolute atomic E-state index is 0.130. The highest BCUT2D eigenvalue weighted by Gasteiger charge is 2.48. The van der Waals surface area contributed by atoms with Crippen LogP contribution in [-0.4, -0.2) is 38.7 Å². The fourth-order valence-electron chi connectivity index (χ4n) is 4.35. The Bertz CT molecular complexity index is 743. The second kappa shape index (κ2) is 5.46. The van der Waals surface area contributed by atoms with Gasteiger partial charge >= 0.3 is 0 Å². The van der Waals surface area contributed by atoms with Crippen molar-refractivity contribution in [1.29, 1.82) is 0 Å². The van der Waals surface area contributed by atoms with Crippen LogP contribution >= 0.6 is 0 Å². The van der Waals surface area contributed by atoms with Gasteiger partial charge in [-0.2, -0.15) is 0 Å². The second-order valence-electron chi connectivity index (χ2n) is 7.29. The molecular weight excluding hydrogens is 304 g/mol. The zero-order valence-electron chi connectivity index (χ0n) is 13.7. The van der Waals surface area contributed by atoms with E-state index in [9.17, 15) is 4.79 Å². The molecular formula is C18H22N4O2. The Hall–Kier alpha value is -2.11. The number of nitrogens with zero attached hydrogens (tertiary/aromatic N) is 4. The number of carbonyl (C=O) groups is 1. The Labute approximate surface area is 140 Å². The topological polar surface area (TPSA) is 64.2 Å². The molecule has 1 saturated carbocycles. The van der Waals surface area contributed by atoms with E-state index < -0.39 is 0 Å². The van der Waals surface area contributed by atoms with E-state index in [0.717, 1.165) is 62.7 Å². The van der Waals surface area contributed by atoms with Gasteiger partial charge in [0.1, 0.15) is 17.4 Å². The summed E-state index contributed by atoms with van der Waals surface area (Å²) in [7, 11) is 0. The molecule has 2 aromatic heterocycles. The van der Waals surface area contributed by atoms with Crippen LogP contribution in [0.25, 0.3) is 0 Å². The molecule has 0 N–H and O–H groups in total. The second-order valence-corrected chi connectivity index (χ2v) is 7.29. The molecule has 0 spiro atoms. The van der Waals surface area contributed by atoms with Gasteiger partial charge in [-0.15, -0.1) is 10.2 Å². The molecule has 2 fully saturated rings. The van der Waals surface area contributed by atoms with Crippen molar-refractivity contribution in [1.82, 2.24) is 19.7 Å². The van der Waals surface area contributed by atoms with E-state index in [1.165, 1.54) is 6.42 Å². The molecule has 1 amide bonds. The van der Waals surface area contributed by atoms with Gasteiger partial charge in [0, 0.05) is 43.8 Å². The molecule has 126 valence electrons. The molecule has 2 aromatic rings. The lowest BCUT2D eigenvalue weighted by Gasteiger charge is -2.31. The molecule has 2 aliphatic heterocycles. The molecule has 0 bridgehead atoms. The minimum Gasteiger partial charge on any atom is -0.469 e. The Balaban J connectivity index is 1.21. The van der Waals surface area contributed by atoms with Gasteiger partial charge in [-0.1, -0.05) is 0 Å². The molecule has 0 unspecified atom stereocenters. The molecule has 6 nitrogen and oxygen atoms in total. The average molecular weight is 326 g/mol. The third-order valence-corrected chi connectivity index (χ3v) is 5.83. The van der Waals surface area contributed by atoms with Gasteiger partial charge in [0.25, 0.3) is 0 Å². The van der Waals surface area contributed by atoms with Crippen molar-refractivity contribution in [2.24, 2.45) is 5.92 Å². The number of aryl methyl sites for hydroxylation is 1. The van der Waals surface area contributed by atoms with Gasteiger partial charge in [0.2, 0.25) is 5.91 Å². The van der Waals surface area contributed by atoms with Gasteiger partial charge in [0.05, 0.1) is 6.26 Å². The first-order chi connectivity index (χ1) is 11.8. The van der Waals surface area contributed by atoms with Gasteiger partial charge in [-0.3, -0.25) is 4.79 Å². The van der Waals surface area contributed by atoms with Crippen LogP contribution in [-0.2, 0) is 17.8 Å². The number of piperidine rings is 1. The summed E-state index contributed by atoms with van der Waals surface area (Å²) < 4.78 is 7.75. The number of amides is 1. The number of likely N-dealkylation sites (tertiary alicyclic amines) is 1. The summed E-state index contributed by atoms with van der Waals surface area (Å²) in [6.45, 7) is 2.74. The summed E-state index contributed by atoms with van der Waals surface area (Å²) in [5, 5.41) is 8.75. The average Bonchev–Trinajstić information content (AvgIpc) is 3.02. The standard InChI is InChI=1S/C18H22N4O2/c23-18(14-11-13(14)15-3-2-10-24-15)21-8-5-12(6-9-21)17-20-19-16-4-1-7-22(16)17/h2-3,10,12-14H,1,4-9,11H2/t13-,14-/m1/s1. The number of furan rings is 1. The highest BCUT2D eigenvalue weighted by Crippen LogP contribution is 2.49. The van der Waals surface area contributed by atoms with Crippen molar-refractivity contribution in [3.05, 3.63) is 35.8 Å². The first-order valence-electron chi connectivity index (χ1n) is 9.05. The SMILES string of the molecule is O=C([C@@H]1C[C@H]1c1ccco1)N1CCC(c2nnc3n2CCC3)CC1. The van der Waals surface area contributed by atoms with Gasteiger partial charge < -0.3 is 13.9 Å². The molecule has 24 heavy (non-hydrogen) atoms. The van der Waals surface area contributed by atoms with E-state index in [-0.39, 0.29) is 5.92 Å². The third-order valence-electron chi connectivity index (χ3n) is 5.83. The molecule has 0 radical (unpaired) electrons. The maximum atomic E-state index is 12.7. The lowest BCUT2D eigenvalue weighted by molar-refractivity contribution is -0.133. The largest absolute Gasteiger partial charge is 0.469 e. The summed E-state index contributed by atoms with van der Waals surface area (Å²) in [6, 6.07) is 3.88. The number of fused-ring (bicyclic) bond motifs is 1. The third kappa shape index (κ3) is 2.27. The molecule has 5 rings (SSSR count). The van der Waals surface area contributed by atoms with Crippen molar-refractivity contribution in [3.8, 4) is 0 Å².